The van der Waals surface area contributed by atoms with E-state index in [1.54, 1.807) is 11.8 Å². The molecule has 12 heteroatoms. The molecule has 0 N–H and O–H groups in total. The zero-order chi connectivity index (χ0) is 27.6. The molecule has 1 aromatic rings. The van der Waals surface area contributed by atoms with E-state index in [4.69, 9.17) is 38.4 Å². The third-order valence-electron chi connectivity index (χ3n) is 6.44. The summed E-state index contributed by atoms with van der Waals surface area (Å²) in [6.07, 6.45) is 3.73. The zero-order valence-electron chi connectivity index (χ0n) is 24.4. The van der Waals surface area contributed by atoms with Crippen LogP contribution in [0.25, 0.3) is 0 Å². The van der Waals surface area contributed by atoms with Crippen molar-refractivity contribution in [2.24, 2.45) is 0 Å². The van der Waals surface area contributed by atoms with Gasteiger partial charge in [0.2, 0.25) is 23.6 Å². The number of nitrogens with zero attached hydrogens (tertiary/aromatic N) is 6. The van der Waals surface area contributed by atoms with Crippen LogP contribution in [0.5, 0.6) is 0 Å². The minimum Gasteiger partial charge on any atom is -0.349 e. The van der Waals surface area contributed by atoms with Gasteiger partial charge in [0.1, 0.15) is 0 Å². The van der Waals surface area contributed by atoms with Crippen LogP contribution in [0.15, 0.2) is 0 Å². The van der Waals surface area contributed by atoms with E-state index in [0.29, 0.717) is 24.4 Å². The van der Waals surface area contributed by atoms with Gasteiger partial charge in [0.05, 0.1) is 0 Å². The molecule has 0 aliphatic rings. The average molecular weight is 517 g/mol. The number of unbranched alkanes of at least 4 members (excludes halogenated alkanes) is 2. The average Bonchev–Trinajstić information content (AvgIpc) is 2.90. The Kier molecular flexibility index (Phi) is 12.7. The topological polar surface area (TPSA) is 104 Å². The summed E-state index contributed by atoms with van der Waals surface area (Å²) >= 11 is 0. The van der Waals surface area contributed by atoms with Gasteiger partial charge in [0, 0.05) is 76.9 Å². The molecular weight excluding hydrogens is 468 g/mol. The van der Waals surface area contributed by atoms with Crippen molar-refractivity contribution < 1.29 is 28.4 Å². The Hall–Kier alpha value is -1.83. The van der Waals surface area contributed by atoms with E-state index in [2.05, 4.69) is 18.8 Å². The van der Waals surface area contributed by atoms with Crippen molar-refractivity contribution in [2.45, 2.75) is 63.9 Å². The largest absolute Gasteiger partial charge is 0.349 e. The van der Waals surface area contributed by atoms with Gasteiger partial charge in [-0.2, -0.15) is 15.0 Å². The lowest BCUT2D eigenvalue weighted by molar-refractivity contribution is -0.472. The van der Waals surface area contributed by atoms with E-state index in [-0.39, 0.29) is 0 Å². The third-order valence-corrected chi connectivity index (χ3v) is 6.44. The molecule has 0 bridgehead atoms. The molecule has 1 rings (SSSR count). The summed E-state index contributed by atoms with van der Waals surface area (Å²) in [6, 6.07) is 0. The predicted octanol–water partition coefficient (Wildman–Crippen LogP) is 2.73. The molecule has 0 spiro atoms. The summed E-state index contributed by atoms with van der Waals surface area (Å²) in [4.78, 5) is 19.9. The monoisotopic (exact) mass is 516 g/mol. The maximum Gasteiger partial charge on any atom is 0.316 e. The van der Waals surface area contributed by atoms with Crippen molar-refractivity contribution in [3.63, 3.8) is 0 Å². The lowest BCUT2D eigenvalue weighted by atomic mass is 10.00. The van der Waals surface area contributed by atoms with Crippen LogP contribution in [-0.4, -0.2) is 109 Å². The first-order chi connectivity index (χ1) is 17.1. The van der Waals surface area contributed by atoms with Crippen LogP contribution in [0.4, 0.5) is 17.8 Å². The van der Waals surface area contributed by atoms with Gasteiger partial charge in [0.25, 0.3) is 0 Å². The van der Waals surface area contributed by atoms with Gasteiger partial charge in [-0.3, -0.25) is 4.90 Å². The van der Waals surface area contributed by atoms with E-state index >= 15 is 0 Å². The fourth-order valence-electron chi connectivity index (χ4n) is 4.13. The van der Waals surface area contributed by atoms with Crippen LogP contribution >= 0.6 is 0 Å². The quantitative estimate of drug-likeness (QED) is 0.268. The summed E-state index contributed by atoms with van der Waals surface area (Å²) in [5, 5.41) is 0. The molecule has 0 amide bonds. The number of aromatic nitrogens is 3. The van der Waals surface area contributed by atoms with Gasteiger partial charge < -0.3 is 38.2 Å². The number of ether oxygens (including phenoxy) is 6. The van der Waals surface area contributed by atoms with E-state index < -0.39 is 17.5 Å². The summed E-state index contributed by atoms with van der Waals surface area (Å²) in [7, 11) is 14.7. The first-order valence-electron chi connectivity index (χ1n) is 12.3. The highest BCUT2D eigenvalue weighted by Gasteiger charge is 2.70. The van der Waals surface area contributed by atoms with E-state index in [1.807, 2.05) is 30.9 Å². The summed E-state index contributed by atoms with van der Waals surface area (Å²) in [5.41, 5.74) is 0. The minimum atomic E-state index is -1.75. The Morgan fingerprint density at radius 3 is 1.53 bits per heavy atom. The van der Waals surface area contributed by atoms with Crippen LogP contribution in [0.2, 0.25) is 0 Å². The lowest BCUT2D eigenvalue weighted by Gasteiger charge is -2.55. The molecule has 1 aromatic heterocycles. The molecule has 0 saturated heterocycles. The van der Waals surface area contributed by atoms with Crippen molar-refractivity contribution in [3.8, 4) is 0 Å². The summed E-state index contributed by atoms with van der Waals surface area (Å²) < 4.78 is 35.8. The third kappa shape index (κ3) is 6.00. The molecule has 0 radical (unpaired) electrons. The number of hydrogen-bond acceptors (Lipinski definition) is 12. The molecule has 210 valence electrons. The summed E-state index contributed by atoms with van der Waals surface area (Å²) in [5.74, 6) is -3.61. The maximum atomic E-state index is 6.13. The van der Waals surface area contributed by atoms with Gasteiger partial charge in [-0.25, -0.2) is 0 Å². The SMILES string of the molecule is CCCCN(C)c1nc(N(C)C)nc(N(CCCC)C(OC)(OC)C(OC)(OC)C(C)(OC)OC)n1. The van der Waals surface area contributed by atoms with Gasteiger partial charge in [-0.15, -0.1) is 0 Å². The molecule has 0 saturated carbocycles. The van der Waals surface area contributed by atoms with Gasteiger partial charge >= 0.3 is 11.7 Å². The Balaban J connectivity index is 4.00. The number of methoxy groups -OCH3 is 6. The second-order valence-electron chi connectivity index (χ2n) is 8.78. The Morgan fingerprint density at radius 2 is 1.11 bits per heavy atom. The molecule has 36 heavy (non-hydrogen) atoms. The van der Waals surface area contributed by atoms with E-state index in [0.717, 1.165) is 32.2 Å². The molecule has 1 heterocycles. The Bertz CT molecular complexity index is 771. The number of anilines is 3. The van der Waals surface area contributed by atoms with E-state index in [1.165, 1.54) is 42.7 Å². The van der Waals surface area contributed by atoms with Crippen LogP contribution in [0.1, 0.15) is 46.5 Å². The molecular formula is C24H48N6O6. The fraction of sp³-hybridized carbons (Fsp3) is 0.875. The van der Waals surface area contributed by atoms with Crippen LogP contribution < -0.4 is 14.7 Å². The van der Waals surface area contributed by atoms with Crippen LogP contribution in [0.3, 0.4) is 0 Å². The second kappa shape index (κ2) is 14.2. The highest BCUT2D eigenvalue weighted by atomic mass is 16.8. The standard InChI is InChI=1S/C24H48N6O6/c1-13-15-17-29(6)20-25-19(28(4)5)26-21(27-20)30(18-16-14-2)24(35-11,36-12)23(33-9,34-10)22(3,31-7)32-8/h13-18H2,1-12H3. The smallest absolute Gasteiger partial charge is 0.316 e. The second-order valence-corrected chi connectivity index (χ2v) is 8.78. The first kappa shape index (κ1) is 32.2. The molecule has 0 atom stereocenters. The van der Waals surface area contributed by atoms with Crippen LogP contribution in [-0.2, 0) is 28.4 Å². The number of hydrogen-bond donors (Lipinski definition) is 0. The fourth-order valence-corrected chi connectivity index (χ4v) is 4.13. The molecule has 0 aliphatic heterocycles. The van der Waals surface area contributed by atoms with Gasteiger partial charge in [-0.05, 0) is 19.8 Å². The molecule has 0 fully saturated rings. The van der Waals surface area contributed by atoms with Crippen molar-refractivity contribution in [1.29, 1.82) is 0 Å². The van der Waals surface area contributed by atoms with Crippen molar-refractivity contribution in [2.75, 3.05) is 91.6 Å². The Labute approximate surface area is 217 Å². The molecule has 0 aromatic carbocycles. The highest BCUT2D eigenvalue weighted by molar-refractivity contribution is 5.47. The summed E-state index contributed by atoms with van der Waals surface area (Å²) in [6.45, 7) is 7.18. The molecule has 0 unspecified atom stereocenters. The molecule has 12 nitrogen and oxygen atoms in total. The van der Waals surface area contributed by atoms with Crippen molar-refractivity contribution in [3.05, 3.63) is 0 Å². The van der Waals surface area contributed by atoms with E-state index in [9.17, 15) is 0 Å². The maximum absolute atomic E-state index is 6.13. The Morgan fingerprint density at radius 1 is 0.639 bits per heavy atom. The van der Waals surface area contributed by atoms with Crippen LogP contribution in [0, 0.1) is 0 Å². The zero-order valence-corrected chi connectivity index (χ0v) is 24.4. The predicted molar refractivity (Wildman–Crippen MR) is 141 cm³/mol. The first-order valence-corrected chi connectivity index (χ1v) is 12.3. The number of rotatable bonds is 18. The molecule has 0 aliphatic carbocycles. The van der Waals surface area contributed by atoms with Gasteiger partial charge in [0.15, 0.2) is 0 Å². The normalized spacial score (nSPS) is 12.7. The lowest BCUT2D eigenvalue weighted by Crippen LogP contribution is -2.77. The van der Waals surface area contributed by atoms with Crippen molar-refractivity contribution in [1.82, 2.24) is 15.0 Å². The van der Waals surface area contributed by atoms with Gasteiger partial charge in [-0.1, -0.05) is 26.7 Å². The van der Waals surface area contributed by atoms with Crippen molar-refractivity contribution >= 4 is 17.8 Å². The minimum absolute atomic E-state index is 0.331. The highest BCUT2D eigenvalue weighted by Crippen LogP contribution is 2.45.